The lowest BCUT2D eigenvalue weighted by atomic mass is 10.3. The molecule has 0 aliphatic carbocycles. The molecule has 0 aliphatic rings. The average molecular weight is 331 g/mol. The molecular formula is C9H7FIN5. The first-order chi connectivity index (χ1) is 7.54. The number of nitrogens with two attached hydrogens (primary N) is 1. The summed E-state index contributed by atoms with van der Waals surface area (Å²) in [5.41, 5.74) is 7.90. The van der Waals surface area contributed by atoms with Crippen molar-refractivity contribution >= 4 is 39.8 Å². The lowest BCUT2D eigenvalue weighted by Gasteiger charge is -2.02. The van der Waals surface area contributed by atoms with Crippen molar-refractivity contribution in [2.75, 3.05) is 5.43 Å². The van der Waals surface area contributed by atoms with E-state index in [1.165, 1.54) is 18.2 Å². The Morgan fingerprint density at radius 1 is 1.62 bits per heavy atom. The molecule has 82 valence electrons. The molecule has 0 saturated carbocycles. The zero-order chi connectivity index (χ0) is 12.1. The van der Waals surface area contributed by atoms with Crippen molar-refractivity contribution in [3.63, 3.8) is 0 Å². The second kappa shape index (κ2) is 5.41. The fourth-order valence-corrected chi connectivity index (χ4v) is 1.35. The smallest absolute Gasteiger partial charge is 0.201 e. The number of benzene rings is 1. The third-order valence-electron chi connectivity index (χ3n) is 1.58. The third-order valence-corrected chi connectivity index (χ3v) is 2.40. The molecule has 16 heavy (non-hydrogen) atoms. The molecule has 0 atom stereocenters. The van der Waals surface area contributed by atoms with Crippen LogP contribution in [0.25, 0.3) is 0 Å². The van der Waals surface area contributed by atoms with E-state index >= 15 is 0 Å². The number of halogens is 2. The SMILES string of the molecule is N#C/C(=N\Nc1ccc(F)c(I)c1)C(=N)N. The van der Waals surface area contributed by atoms with Crippen LogP contribution in [0.1, 0.15) is 0 Å². The van der Waals surface area contributed by atoms with Gasteiger partial charge in [-0.25, -0.2) is 4.39 Å². The highest BCUT2D eigenvalue weighted by molar-refractivity contribution is 14.1. The lowest BCUT2D eigenvalue weighted by molar-refractivity contribution is 0.620. The predicted molar refractivity (Wildman–Crippen MR) is 67.7 cm³/mol. The number of anilines is 1. The second-order valence-electron chi connectivity index (χ2n) is 2.73. The molecule has 5 nitrogen and oxygen atoms in total. The van der Waals surface area contributed by atoms with Gasteiger partial charge in [0.15, 0.2) is 5.84 Å². The Hall–Kier alpha value is -1.69. The van der Waals surface area contributed by atoms with E-state index in [-0.39, 0.29) is 11.5 Å². The molecule has 0 fully saturated rings. The predicted octanol–water partition coefficient (Wildman–Crippen LogP) is 1.66. The summed E-state index contributed by atoms with van der Waals surface area (Å²) in [5, 5.41) is 19.2. The molecule has 1 rings (SSSR count). The van der Waals surface area contributed by atoms with Gasteiger partial charge >= 0.3 is 0 Å². The van der Waals surface area contributed by atoms with E-state index in [1.54, 1.807) is 6.07 Å². The van der Waals surface area contributed by atoms with Gasteiger partial charge in [-0.3, -0.25) is 10.8 Å². The van der Waals surface area contributed by atoms with E-state index in [0.29, 0.717) is 9.26 Å². The number of nitriles is 1. The number of nitrogens with one attached hydrogen (secondary N) is 2. The van der Waals surface area contributed by atoms with Gasteiger partial charge in [-0.2, -0.15) is 10.4 Å². The minimum atomic E-state index is -0.424. The quantitative estimate of drug-likeness (QED) is 0.340. The van der Waals surface area contributed by atoms with Gasteiger partial charge in [0.25, 0.3) is 0 Å². The second-order valence-corrected chi connectivity index (χ2v) is 3.89. The third kappa shape index (κ3) is 3.16. The van der Waals surface area contributed by atoms with Crippen LogP contribution in [0.15, 0.2) is 23.3 Å². The lowest BCUT2D eigenvalue weighted by Crippen LogP contribution is -2.21. The maximum absolute atomic E-state index is 12.9. The number of hydrogen-bond acceptors (Lipinski definition) is 4. The number of hydrogen-bond donors (Lipinski definition) is 3. The summed E-state index contributed by atoms with van der Waals surface area (Å²) in [6.45, 7) is 0. The van der Waals surface area contributed by atoms with Gasteiger partial charge < -0.3 is 5.73 Å². The fraction of sp³-hybridized carbons (Fsp3) is 0. The first-order valence-corrected chi connectivity index (χ1v) is 5.15. The molecule has 0 amide bonds. The molecule has 0 unspecified atom stereocenters. The highest BCUT2D eigenvalue weighted by Crippen LogP contribution is 2.16. The zero-order valence-corrected chi connectivity index (χ0v) is 10.1. The van der Waals surface area contributed by atoms with E-state index in [2.05, 4.69) is 10.5 Å². The van der Waals surface area contributed by atoms with Gasteiger partial charge in [-0.1, -0.05) is 0 Å². The summed E-state index contributed by atoms with van der Waals surface area (Å²) in [7, 11) is 0. The highest BCUT2D eigenvalue weighted by Gasteiger charge is 2.02. The fourth-order valence-electron chi connectivity index (χ4n) is 0.832. The van der Waals surface area contributed by atoms with Crippen LogP contribution >= 0.6 is 22.6 Å². The monoisotopic (exact) mass is 331 g/mol. The molecule has 0 radical (unpaired) electrons. The molecule has 0 heterocycles. The Balaban J connectivity index is 2.86. The van der Waals surface area contributed by atoms with Crippen molar-refractivity contribution in [1.29, 1.82) is 10.7 Å². The molecule has 0 bridgehead atoms. The number of nitrogens with zero attached hydrogens (tertiary/aromatic N) is 2. The van der Waals surface area contributed by atoms with Crippen LogP contribution < -0.4 is 11.2 Å². The molecule has 1 aromatic rings. The zero-order valence-electron chi connectivity index (χ0n) is 7.96. The molecule has 7 heteroatoms. The Bertz CT molecular complexity index is 491. The van der Waals surface area contributed by atoms with Crippen molar-refractivity contribution in [3.8, 4) is 6.07 Å². The van der Waals surface area contributed by atoms with E-state index in [9.17, 15) is 4.39 Å². The van der Waals surface area contributed by atoms with E-state index in [4.69, 9.17) is 16.4 Å². The van der Waals surface area contributed by atoms with Crippen molar-refractivity contribution in [2.45, 2.75) is 0 Å². The van der Waals surface area contributed by atoms with E-state index in [0.717, 1.165) is 0 Å². The average Bonchev–Trinajstić information content (AvgIpc) is 2.23. The van der Waals surface area contributed by atoms with Crippen molar-refractivity contribution in [2.24, 2.45) is 10.8 Å². The van der Waals surface area contributed by atoms with Gasteiger partial charge in [0.1, 0.15) is 11.9 Å². The summed E-state index contributed by atoms with van der Waals surface area (Å²) in [5.74, 6) is -0.756. The van der Waals surface area contributed by atoms with E-state index in [1.807, 2.05) is 22.6 Å². The van der Waals surface area contributed by atoms with E-state index < -0.39 is 5.84 Å². The van der Waals surface area contributed by atoms with Gasteiger partial charge in [0.05, 0.1) is 9.26 Å². The molecule has 0 aromatic heterocycles. The maximum atomic E-state index is 12.9. The first kappa shape index (κ1) is 12.4. The number of rotatable bonds is 3. The summed E-state index contributed by atoms with van der Waals surface area (Å²) in [4.78, 5) is 0. The Kier molecular flexibility index (Phi) is 4.19. The maximum Gasteiger partial charge on any atom is 0.201 e. The molecule has 1 aromatic carbocycles. The minimum absolute atomic E-state index is 0.223. The van der Waals surface area contributed by atoms with Gasteiger partial charge in [-0.05, 0) is 40.8 Å². The standard InChI is InChI=1S/C9H7FIN5/c10-6-2-1-5(3-7(6)11)15-16-8(4-12)9(13)14/h1-3,15H,(H3,13,14)/b16-8+. The van der Waals surface area contributed by atoms with Crippen LogP contribution in [0.5, 0.6) is 0 Å². The van der Waals surface area contributed by atoms with Gasteiger partial charge in [0, 0.05) is 0 Å². The Labute approximate surface area is 105 Å². The van der Waals surface area contributed by atoms with Crippen LogP contribution in [0, 0.1) is 26.1 Å². The number of amidine groups is 1. The largest absolute Gasteiger partial charge is 0.382 e. The van der Waals surface area contributed by atoms with Gasteiger partial charge in [0.2, 0.25) is 5.71 Å². The summed E-state index contributed by atoms with van der Waals surface area (Å²) < 4.78 is 13.3. The van der Waals surface area contributed by atoms with Gasteiger partial charge in [-0.15, -0.1) is 0 Å². The van der Waals surface area contributed by atoms with Crippen molar-refractivity contribution in [3.05, 3.63) is 27.6 Å². The Morgan fingerprint density at radius 2 is 2.31 bits per heavy atom. The molecule has 4 N–H and O–H groups in total. The number of hydrazone groups is 1. The van der Waals surface area contributed by atoms with Crippen molar-refractivity contribution < 1.29 is 4.39 Å². The van der Waals surface area contributed by atoms with Crippen LogP contribution in [-0.4, -0.2) is 11.5 Å². The normalized spacial score (nSPS) is 10.7. The van der Waals surface area contributed by atoms with Crippen molar-refractivity contribution in [1.82, 2.24) is 0 Å². The summed E-state index contributed by atoms with van der Waals surface area (Å²) in [6.07, 6.45) is 0. The minimum Gasteiger partial charge on any atom is -0.382 e. The molecule has 0 saturated heterocycles. The van der Waals surface area contributed by atoms with Crippen LogP contribution in [0.2, 0.25) is 0 Å². The highest BCUT2D eigenvalue weighted by atomic mass is 127. The van der Waals surface area contributed by atoms with Crippen LogP contribution in [-0.2, 0) is 0 Å². The van der Waals surface area contributed by atoms with Crippen LogP contribution in [0.4, 0.5) is 10.1 Å². The molecular weight excluding hydrogens is 324 g/mol. The molecule has 0 aliphatic heterocycles. The Morgan fingerprint density at radius 3 is 2.81 bits per heavy atom. The first-order valence-electron chi connectivity index (χ1n) is 4.08. The topological polar surface area (TPSA) is 98.0 Å². The summed E-state index contributed by atoms with van der Waals surface area (Å²) >= 11 is 1.83. The summed E-state index contributed by atoms with van der Waals surface area (Å²) in [6, 6.07) is 5.93. The molecule has 0 spiro atoms. The van der Waals surface area contributed by atoms with Crippen LogP contribution in [0.3, 0.4) is 0 Å².